The van der Waals surface area contributed by atoms with Crippen molar-refractivity contribution in [3.8, 4) is 0 Å². The Bertz CT molecular complexity index is 1050. The molecule has 0 radical (unpaired) electrons. The van der Waals surface area contributed by atoms with Gasteiger partial charge in [-0.2, -0.15) is 0 Å². The summed E-state index contributed by atoms with van der Waals surface area (Å²) in [6.45, 7) is 1.90. The molecule has 3 heteroatoms. The molecule has 1 saturated heterocycles. The number of aliphatic hydroxyl groups is 1. The van der Waals surface area contributed by atoms with E-state index in [0.717, 1.165) is 19.5 Å². The van der Waals surface area contributed by atoms with Gasteiger partial charge in [0, 0.05) is 25.2 Å². The first-order valence-corrected chi connectivity index (χ1v) is 12.1. The molecule has 0 amide bonds. The maximum Gasteiger partial charge on any atom is 0.0950 e. The van der Waals surface area contributed by atoms with Crippen molar-refractivity contribution < 1.29 is 5.11 Å². The zero-order valence-corrected chi connectivity index (χ0v) is 19.4. The molecular formula is C31H32N2O. The highest BCUT2D eigenvalue weighted by molar-refractivity contribution is 5.49. The Balaban J connectivity index is 1.54. The smallest absolute Gasteiger partial charge is 0.0950 e. The van der Waals surface area contributed by atoms with Gasteiger partial charge in [-0.15, -0.1) is 0 Å². The van der Waals surface area contributed by atoms with E-state index in [4.69, 9.17) is 0 Å². The first kappa shape index (κ1) is 22.5. The number of rotatable bonds is 8. The van der Waals surface area contributed by atoms with Gasteiger partial charge in [0.2, 0.25) is 0 Å². The lowest BCUT2D eigenvalue weighted by Gasteiger charge is -2.39. The average molecular weight is 449 g/mol. The summed E-state index contributed by atoms with van der Waals surface area (Å²) in [5, 5.41) is 14.3. The Kier molecular flexibility index (Phi) is 6.87. The fraction of sp³-hybridized carbons (Fsp3) is 0.226. The van der Waals surface area contributed by atoms with Crippen molar-refractivity contribution in [3.05, 3.63) is 144 Å². The fourth-order valence-corrected chi connectivity index (χ4v) is 5.41. The van der Waals surface area contributed by atoms with Crippen LogP contribution in [0.3, 0.4) is 0 Å². The molecule has 0 aromatic heterocycles. The number of benzene rings is 4. The molecule has 5 rings (SSSR count). The van der Waals surface area contributed by atoms with Gasteiger partial charge in [-0.25, -0.2) is 0 Å². The van der Waals surface area contributed by atoms with Crippen molar-refractivity contribution in [1.29, 1.82) is 0 Å². The molecule has 2 N–H and O–H groups in total. The zero-order valence-electron chi connectivity index (χ0n) is 19.4. The highest BCUT2D eigenvalue weighted by atomic mass is 16.3. The lowest BCUT2D eigenvalue weighted by atomic mass is 9.76. The first-order chi connectivity index (χ1) is 16.8. The van der Waals surface area contributed by atoms with Gasteiger partial charge >= 0.3 is 0 Å². The van der Waals surface area contributed by atoms with Gasteiger partial charge in [-0.05, 0) is 28.7 Å². The van der Waals surface area contributed by atoms with Crippen LogP contribution in [0.2, 0.25) is 0 Å². The monoisotopic (exact) mass is 448 g/mol. The van der Waals surface area contributed by atoms with E-state index < -0.39 is 5.54 Å². The standard InChI is InChI=1S/C31H32N2O/c34-24-30-21-29(23-33(30)22-25-13-5-1-6-14-25)32-31(26-15-7-2-8-16-26,27-17-9-3-10-18-27)28-19-11-4-12-20-28/h1-20,29-30,32,34H,21-24H2/t29-,30-/m0/s1. The second kappa shape index (κ2) is 10.4. The summed E-state index contributed by atoms with van der Waals surface area (Å²) in [6.07, 6.45) is 0.900. The third-order valence-electron chi connectivity index (χ3n) is 7.01. The highest BCUT2D eigenvalue weighted by Gasteiger charge is 2.41. The van der Waals surface area contributed by atoms with Gasteiger partial charge in [0.05, 0.1) is 12.1 Å². The average Bonchev–Trinajstić information content (AvgIpc) is 3.30. The first-order valence-electron chi connectivity index (χ1n) is 12.1. The lowest BCUT2D eigenvalue weighted by molar-refractivity contribution is 0.153. The van der Waals surface area contributed by atoms with E-state index in [9.17, 15) is 5.11 Å². The molecule has 2 atom stereocenters. The molecule has 0 aliphatic carbocycles. The summed E-state index contributed by atoms with van der Waals surface area (Å²) >= 11 is 0. The van der Waals surface area contributed by atoms with E-state index in [2.05, 4.69) is 132 Å². The predicted octanol–water partition coefficient (Wildman–Crippen LogP) is 5.20. The molecule has 0 spiro atoms. The van der Waals surface area contributed by atoms with Crippen molar-refractivity contribution in [2.24, 2.45) is 0 Å². The van der Waals surface area contributed by atoms with Crippen LogP contribution in [0.1, 0.15) is 28.7 Å². The van der Waals surface area contributed by atoms with Gasteiger partial charge in [0.15, 0.2) is 0 Å². The molecule has 1 heterocycles. The van der Waals surface area contributed by atoms with Gasteiger partial charge in [-0.3, -0.25) is 10.2 Å². The molecule has 34 heavy (non-hydrogen) atoms. The molecular weight excluding hydrogens is 416 g/mol. The SMILES string of the molecule is OC[C@@H]1C[C@H](NC(c2ccccc2)(c2ccccc2)c2ccccc2)CN1Cc1ccccc1. The Morgan fingerprint density at radius 3 is 1.56 bits per heavy atom. The number of hydrogen-bond donors (Lipinski definition) is 2. The van der Waals surface area contributed by atoms with Crippen molar-refractivity contribution in [3.63, 3.8) is 0 Å². The summed E-state index contributed by atoms with van der Waals surface area (Å²) in [4.78, 5) is 2.42. The minimum atomic E-state index is -0.489. The van der Waals surface area contributed by atoms with Crippen LogP contribution in [0.4, 0.5) is 0 Å². The van der Waals surface area contributed by atoms with Gasteiger partial charge in [0.25, 0.3) is 0 Å². The summed E-state index contributed by atoms with van der Waals surface area (Å²) in [5.74, 6) is 0. The molecule has 1 aliphatic rings. The summed E-state index contributed by atoms with van der Waals surface area (Å²) in [7, 11) is 0. The van der Waals surface area contributed by atoms with E-state index in [1.165, 1.54) is 22.3 Å². The number of aliphatic hydroxyl groups excluding tert-OH is 1. The number of nitrogens with one attached hydrogen (secondary N) is 1. The molecule has 3 nitrogen and oxygen atoms in total. The maximum absolute atomic E-state index is 10.2. The third kappa shape index (κ3) is 4.55. The van der Waals surface area contributed by atoms with Crippen LogP contribution in [-0.4, -0.2) is 35.2 Å². The molecule has 4 aromatic rings. The second-order valence-corrected chi connectivity index (χ2v) is 9.18. The van der Waals surface area contributed by atoms with E-state index in [1.54, 1.807) is 0 Å². The third-order valence-corrected chi connectivity index (χ3v) is 7.01. The molecule has 1 aliphatic heterocycles. The minimum absolute atomic E-state index is 0.137. The number of hydrogen-bond acceptors (Lipinski definition) is 3. The van der Waals surface area contributed by atoms with E-state index in [1.807, 2.05) is 0 Å². The Labute approximate surface area is 202 Å². The zero-order chi connectivity index (χ0) is 23.2. The van der Waals surface area contributed by atoms with E-state index in [-0.39, 0.29) is 18.7 Å². The minimum Gasteiger partial charge on any atom is -0.395 e. The molecule has 4 aromatic carbocycles. The van der Waals surface area contributed by atoms with Crippen molar-refractivity contribution in [2.75, 3.05) is 13.2 Å². The molecule has 172 valence electrons. The largest absolute Gasteiger partial charge is 0.395 e. The molecule has 0 bridgehead atoms. The van der Waals surface area contributed by atoms with Crippen molar-refractivity contribution >= 4 is 0 Å². The van der Waals surface area contributed by atoms with Gasteiger partial charge in [0.1, 0.15) is 0 Å². The van der Waals surface area contributed by atoms with E-state index >= 15 is 0 Å². The highest BCUT2D eigenvalue weighted by Crippen LogP contribution is 2.38. The summed E-state index contributed by atoms with van der Waals surface area (Å²) < 4.78 is 0. The van der Waals surface area contributed by atoms with Crippen LogP contribution >= 0.6 is 0 Å². The maximum atomic E-state index is 10.2. The fourth-order valence-electron chi connectivity index (χ4n) is 5.41. The predicted molar refractivity (Wildman–Crippen MR) is 138 cm³/mol. The van der Waals surface area contributed by atoms with Crippen LogP contribution < -0.4 is 5.32 Å². The van der Waals surface area contributed by atoms with Crippen LogP contribution in [-0.2, 0) is 12.1 Å². The molecule has 1 fully saturated rings. The number of nitrogens with zero attached hydrogens (tertiary/aromatic N) is 1. The lowest BCUT2D eigenvalue weighted by Crippen LogP contribution is -2.50. The Morgan fingerprint density at radius 2 is 1.12 bits per heavy atom. The van der Waals surface area contributed by atoms with Gasteiger partial charge in [-0.1, -0.05) is 121 Å². The van der Waals surface area contributed by atoms with Crippen LogP contribution in [0.25, 0.3) is 0 Å². The van der Waals surface area contributed by atoms with Crippen LogP contribution in [0.5, 0.6) is 0 Å². The summed E-state index contributed by atoms with van der Waals surface area (Å²) in [6, 6.07) is 43.1. The normalized spacial score (nSPS) is 18.7. The van der Waals surface area contributed by atoms with Crippen molar-refractivity contribution in [2.45, 2.75) is 30.6 Å². The number of likely N-dealkylation sites (tertiary alicyclic amines) is 1. The quantitative estimate of drug-likeness (QED) is 0.364. The second-order valence-electron chi connectivity index (χ2n) is 9.18. The van der Waals surface area contributed by atoms with E-state index in [0.29, 0.717) is 0 Å². The topological polar surface area (TPSA) is 35.5 Å². The summed E-state index contributed by atoms with van der Waals surface area (Å²) in [5.41, 5.74) is 4.44. The van der Waals surface area contributed by atoms with Gasteiger partial charge < -0.3 is 5.11 Å². The Morgan fingerprint density at radius 1 is 0.676 bits per heavy atom. The molecule has 0 saturated carbocycles. The van der Waals surface area contributed by atoms with Crippen LogP contribution in [0.15, 0.2) is 121 Å². The van der Waals surface area contributed by atoms with Crippen molar-refractivity contribution in [1.82, 2.24) is 10.2 Å². The van der Waals surface area contributed by atoms with Crippen LogP contribution in [0, 0.1) is 0 Å². The molecule has 0 unspecified atom stereocenters. The Hall–Kier alpha value is -3.24.